The molecule has 0 aromatic heterocycles. The molecule has 116 valence electrons. The second kappa shape index (κ2) is 6.15. The Balaban J connectivity index is 2.79. The Kier molecular flexibility index (Phi) is 5.22. The predicted octanol–water partition coefficient (Wildman–Crippen LogP) is 3.30. The van der Waals surface area contributed by atoms with Gasteiger partial charge in [-0.15, -0.1) is 0 Å². The Morgan fingerprint density at radius 3 is 2.10 bits per heavy atom. The lowest BCUT2D eigenvalue weighted by molar-refractivity contribution is -0.156. The summed E-state index contributed by atoms with van der Waals surface area (Å²) in [4.78, 5) is 25.8. The average Bonchev–Trinajstić information content (AvgIpc) is 2.36. The number of rotatable bonds is 4. The maximum atomic E-state index is 12.5. The normalized spacial score (nSPS) is 20.2. The van der Waals surface area contributed by atoms with Crippen LogP contribution in [0, 0.1) is 10.8 Å². The van der Waals surface area contributed by atoms with Crippen LogP contribution in [0.25, 0.3) is 0 Å². The first kappa shape index (κ1) is 17.0. The van der Waals surface area contributed by atoms with Crippen molar-refractivity contribution in [1.82, 2.24) is 4.90 Å². The van der Waals surface area contributed by atoms with Crippen molar-refractivity contribution in [2.75, 3.05) is 7.05 Å². The summed E-state index contributed by atoms with van der Waals surface area (Å²) < 4.78 is 0. The summed E-state index contributed by atoms with van der Waals surface area (Å²) in [5, 5.41) is 9.55. The molecule has 1 unspecified atom stereocenters. The molecular formula is C16H29NO3. The molecule has 0 aromatic rings. The molecule has 20 heavy (non-hydrogen) atoms. The van der Waals surface area contributed by atoms with Gasteiger partial charge in [-0.1, -0.05) is 40.0 Å². The van der Waals surface area contributed by atoms with Gasteiger partial charge in [-0.3, -0.25) is 9.59 Å². The third-order valence-electron chi connectivity index (χ3n) is 4.98. The summed E-state index contributed by atoms with van der Waals surface area (Å²) in [6.45, 7) is 8.30. The third kappa shape index (κ3) is 3.74. The van der Waals surface area contributed by atoms with Crippen molar-refractivity contribution >= 4 is 11.9 Å². The molecule has 1 fully saturated rings. The molecule has 0 saturated heterocycles. The highest BCUT2D eigenvalue weighted by molar-refractivity contribution is 5.85. The summed E-state index contributed by atoms with van der Waals surface area (Å²) in [6.07, 6.45) is 4.31. The molecule has 0 radical (unpaired) electrons. The van der Waals surface area contributed by atoms with Crippen LogP contribution in [0.1, 0.15) is 66.2 Å². The van der Waals surface area contributed by atoms with Gasteiger partial charge in [0.25, 0.3) is 0 Å². The standard InChI is InChI=1S/C16H29NO3/c1-12(15(2,3)4)17(5)13(18)11-16(14(19)20)9-7-6-8-10-16/h12H,6-11H2,1-5H3,(H,19,20). The minimum atomic E-state index is -0.832. The monoisotopic (exact) mass is 283 g/mol. The van der Waals surface area contributed by atoms with E-state index in [9.17, 15) is 14.7 Å². The fourth-order valence-corrected chi connectivity index (χ4v) is 2.91. The number of carboxylic acids is 1. The van der Waals surface area contributed by atoms with E-state index < -0.39 is 11.4 Å². The minimum Gasteiger partial charge on any atom is -0.481 e. The van der Waals surface area contributed by atoms with Gasteiger partial charge < -0.3 is 10.0 Å². The highest BCUT2D eigenvalue weighted by Crippen LogP contribution is 2.40. The topological polar surface area (TPSA) is 57.6 Å². The van der Waals surface area contributed by atoms with E-state index in [0.29, 0.717) is 12.8 Å². The first-order chi connectivity index (χ1) is 9.10. The molecule has 1 atom stereocenters. The summed E-state index contributed by atoms with van der Waals surface area (Å²) in [5.74, 6) is -0.848. The number of hydrogen-bond acceptors (Lipinski definition) is 2. The molecule has 4 nitrogen and oxygen atoms in total. The smallest absolute Gasteiger partial charge is 0.310 e. The SMILES string of the molecule is CC(N(C)C(=O)CC1(C(=O)O)CCCCC1)C(C)(C)C. The Labute approximate surface area is 122 Å². The highest BCUT2D eigenvalue weighted by atomic mass is 16.4. The van der Waals surface area contributed by atoms with E-state index in [0.717, 1.165) is 19.3 Å². The third-order valence-corrected chi connectivity index (χ3v) is 4.98. The van der Waals surface area contributed by atoms with Gasteiger partial charge in [0, 0.05) is 19.5 Å². The fraction of sp³-hybridized carbons (Fsp3) is 0.875. The Hall–Kier alpha value is -1.06. The molecule has 1 aliphatic carbocycles. The van der Waals surface area contributed by atoms with E-state index in [1.807, 2.05) is 6.92 Å². The van der Waals surface area contributed by atoms with Crippen LogP contribution in [-0.2, 0) is 9.59 Å². The molecule has 1 amide bonds. The van der Waals surface area contributed by atoms with E-state index in [1.54, 1.807) is 11.9 Å². The zero-order valence-corrected chi connectivity index (χ0v) is 13.5. The van der Waals surface area contributed by atoms with Gasteiger partial charge in [0.1, 0.15) is 0 Å². The van der Waals surface area contributed by atoms with Gasteiger partial charge in [0.2, 0.25) is 5.91 Å². The predicted molar refractivity (Wildman–Crippen MR) is 79.5 cm³/mol. The van der Waals surface area contributed by atoms with E-state index in [4.69, 9.17) is 0 Å². The quantitative estimate of drug-likeness (QED) is 0.861. The Morgan fingerprint density at radius 1 is 1.20 bits per heavy atom. The lowest BCUT2D eigenvalue weighted by atomic mass is 9.71. The fourth-order valence-electron chi connectivity index (χ4n) is 2.91. The number of aliphatic carboxylic acids is 1. The van der Waals surface area contributed by atoms with Crippen LogP contribution in [0.3, 0.4) is 0 Å². The van der Waals surface area contributed by atoms with Crippen LogP contribution in [-0.4, -0.2) is 35.0 Å². The maximum absolute atomic E-state index is 12.5. The van der Waals surface area contributed by atoms with Crippen LogP contribution in [0.2, 0.25) is 0 Å². The molecule has 1 aliphatic rings. The molecule has 1 saturated carbocycles. The minimum absolute atomic E-state index is 0.00659. The van der Waals surface area contributed by atoms with Crippen LogP contribution in [0.4, 0.5) is 0 Å². The second-order valence-corrected chi connectivity index (χ2v) is 7.37. The number of amides is 1. The van der Waals surface area contributed by atoms with Crippen LogP contribution in [0.5, 0.6) is 0 Å². The number of nitrogens with zero attached hydrogens (tertiary/aromatic N) is 1. The van der Waals surface area contributed by atoms with E-state index in [1.165, 1.54) is 0 Å². The molecule has 1 rings (SSSR count). The van der Waals surface area contributed by atoms with Crippen molar-refractivity contribution in [3.8, 4) is 0 Å². The number of carboxylic acid groups (broad SMARTS) is 1. The van der Waals surface area contributed by atoms with Gasteiger partial charge in [-0.05, 0) is 25.2 Å². The van der Waals surface area contributed by atoms with Crippen molar-refractivity contribution in [2.24, 2.45) is 10.8 Å². The van der Waals surface area contributed by atoms with Gasteiger partial charge >= 0.3 is 5.97 Å². The largest absolute Gasteiger partial charge is 0.481 e. The zero-order chi connectivity index (χ0) is 15.6. The van der Waals surface area contributed by atoms with Crippen LogP contribution >= 0.6 is 0 Å². The molecule has 0 bridgehead atoms. The molecule has 0 heterocycles. The van der Waals surface area contributed by atoms with Gasteiger partial charge in [0.15, 0.2) is 0 Å². The summed E-state index contributed by atoms with van der Waals surface area (Å²) in [7, 11) is 1.79. The molecule has 0 aliphatic heterocycles. The number of carbonyl (C=O) groups excluding carboxylic acids is 1. The summed E-state index contributed by atoms with van der Waals surface area (Å²) in [6, 6.07) is 0.0874. The van der Waals surface area contributed by atoms with Crippen molar-refractivity contribution in [3.05, 3.63) is 0 Å². The van der Waals surface area contributed by atoms with E-state index >= 15 is 0 Å². The zero-order valence-electron chi connectivity index (χ0n) is 13.5. The Morgan fingerprint density at radius 2 is 1.70 bits per heavy atom. The molecule has 0 aromatic carbocycles. The first-order valence-corrected chi connectivity index (χ1v) is 7.59. The van der Waals surface area contributed by atoms with Crippen LogP contribution in [0.15, 0.2) is 0 Å². The molecular weight excluding hydrogens is 254 g/mol. The van der Waals surface area contributed by atoms with Gasteiger partial charge in [0.05, 0.1) is 5.41 Å². The number of carbonyl (C=O) groups is 2. The lowest BCUT2D eigenvalue weighted by Gasteiger charge is -2.38. The first-order valence-electron chi connectivity index (χ1n) is 7.59. The summed E-state index contributed by atoms with van der Waals surface area (Å²) >= 11 is 0. The molecule has 4 heteroatoms. The van der Waals surface area contributed by atoms with Gasteiger partial charge in [-0.2, -0.15) is 0 Å². The van der Waals surface area contributed by atoms with Gasteiger partial charge in [-0.25, -0.2) is 0 Å². The van der Waals surface area contributed by atoms with Crippen molar-refractivity contribution < 1.29 is 14.7 Å². The van der Waals surface area contributed by atoms with E-state index in [-0.39, 0.29) is 23.8 Å². The number of hydrogen-bond donors (Lipinski definition) is 1. The summed E-state index contributed by atoms with van der Waals surface area (Å²) in [5.41, 5.74) is -0.839. The average molecular weight is 283 g/mol. The molecule has 1 N–H and O–H groups in total. The maximum Gasteiger partial charge on any atom is 0.310 e. The van der Waals surface area contributed by atoms with Crippen molar-refractivity contribution in [1.29, 1.82) is 0 Å². The highest BCUT2D eigenvalue weighted by Gasteiger charge is 2.42. The lowest BCUT2D eigenvalue weighted by Crippen LogP contribution is -2.46. The van der Waals surface area contributed by atoms with Crippen molar-refractivity contribution in [3.63, 3.8) is 0 Å². The van der Waals surface area contributed by atoms with Crippen LogP contribution < -0.4 is 0 Å². The van der Waals surface area contributed by atoms with E-state index in [2.05, 4.69) is 20.8 Å². The Bertz CT molecular complexity index is 364. The second-order valence-electron chi connectivity index (χ2n) is 7.37. The van der Waals surface area contributed by atoms with Crippen molar-refractivity contribution in [2.45, 2.75) is 72.3 Å². The molecule has 0 spiro atoms.